The maximum absolute atomic E-state index is 12.8. The molecule has 0 fully saturated rings. The Labute approximate surface area is 387 Å². The second kappa shape index (κ2) is 48.9. The van der Waals surface area contributed by atoms with Gasteiger partial charge >= 0.3 is 17.9 Å². The molecule has 0 radical (unpaired) electrons. The maximum Gasteiger partial charge on any atom is 0.306 e. The Morgan fingerprint density at radius 2 is 0.532 bits per heavy atom. The largest absolute Gasteiger partial charge is 0.462 e. The van der Waals surface area contributed by atoms with E-state index < -0.39 is 6.10 Å². The molecule has 0 heterocycles. The van der Waals surface area contributed by atoms with Crippen LogP contribution in [0, 0.1) is 11.8 Å². The molecule has 6 heteroatoms. The molecule has 0 aliphatic carbocycles. The summed E-state index contributed by atoms with van der Waals surface area (Å²) in [5, 5.41) is 0. The van der Waals surface area contributed by atoms with Gasteiger partial charge in [0.15, 0.2) is 6.10 Å². The van der Waals surface area contributed by atoms with Crippen molar-refractivity contribution in [2.75, 3.05) is 13.2 Å². The van der Waals surface area contributed by atoms with Gasteiger partial charge in [-0.2, -0.15) is 0 Å². The molecule has 0 N–H and O–H groups in total. The highest BCUT2D eigenvalue weighted by atomic mass is 16.6. The second-order valence-electron chi connectivity index (χ2n) is 20.2. The third-order valence-electron chi connectivity index (χ3n) is 12.7. The van der Waals surface area contributed by atoms with E-state index in [1.54, 1.807) is 0 Å². The number of hydrogen-bond acceptors (Lipinski definition) is 6. The van der Waals surface area contributed by atoms with Crippen LogP contribution in [-0.2, 0) is 28.6 Å². The molecule has 0 saturated carbocycles. The van der Waals surface area contributed by atoms with Gasteiger partial charge in [-0.3, -0.25) is 14.4 Å². The van der Waals surface area contributed by atoms with Crippen LogP contribution in [0.25, 0.3) is 0 Å². The van der Waals surface area contributed by atoms with E-state index in [1.807, 2.05) is 0 Å². The van der Waals surface area contributed by atoms with E-state index in [1.165, 1.54) is 199 Å². The number of rotatable bonds is 50. The Kier molecular flexibility index (Phi) is 47.6. The molecule has 0 aromatic carbocycles. The summed E-state index contributed by atoms with van der Waals surface area (Å²) in [6.07, 6.45) is 50.9. The van der Waals surface area contributed by atoms with Crippen LogP contribution in [0.2, 0.25) is 0 Å². The first kappa shape index (κ1) is 60.4. The summed E-state index contributed by atoms with van der Waals surface area (Å²) in [7, 11) is 0. The summed E-state index contributed by atoms with van der Waals surface area (Å²) in [6.45, 7) is 11.4. The third-order valence-corrected chi connectivity index (χ3v) is 12.7. The van der Waals surface area contributed by atoms with Gasteiger partial charge < -0.3 is 14.2 Å². The molecule has 0 aliphatic heterocycles. The van der Waals surface area contributed by atoms with Crippen LogP contribution < -0.4 is 0 Å². The van der Waals surface area contributed by atoms with E-state index in [4.69, 9.17) is 14.2 Å². The molecule has 0 aromatic rings. The van der Waals surface area contributed by atoms with E-state index in [-0.39, 0.29) is 31.1 Å². The van der Waals surface area contributed by atoms with Crippen molar-refractivity contribution < 1.29 is 28.6 Å². The Bertz CT molecular complexity index is 947. The van der Waals surface area contributed by atoms with Gasteiger partial charge in [-0.05, 0) is 31.1 Å². The van der Waals surface area contributed by atoms with Crippen molar-refractivity contribution in [2.24, 2.45) is 11.8 Å². The predicted octanol–water partition coefficient (Wildman–Crippen LogP) is 18.1. The van der Waals surface area contributed by atoms with Gasteiger partial charge in [0.2, 0.25) is 0 Å². The van der Waals surface area contributed by atoms with Crippen LogP contribution in [0.15, 0.2) is 0 Å². The van der Waals surface area contributed by atoms with Gasteiger partial charge in [-0.25, -0.2) is 0 Å². The number of esters is 3. The average Bonchev–Trinajstić information content (AvgIpc) is 3.24. The molecule has 0 spiro atoms. The number of carbonyl (C=O) groups is 3. The Balaban J connectivity index is 4.26. The minimum Gasteiger partial charge on any atom is -0.462 e. The molecule has 6 nitrogen and oxygen atoms in total. The SMILES string of the molecule is CCCCCCCCCCCCC(=O)OC[C@@H](COC(=O)CCCCCCCCCCCCCCCC(C)C)OC(=O)CCCCCCCCCCCCCCCCCC(C)C. The third kappa shape index (κ3) is 49.4. The Hall–Kier alpha value is -1.59. The lowest BCUT2D eigenvalue weighted by Crippen LogP contribution is -2.30. The Morgan fingerprint density at radius 3 is 0.790 bits per heavy atom. The van der Waals surface area contributed by atoms with Crippen molar-refractivity contribution in [2.45, 2.75) is 317 Å². The molecule has 0 unspecified atom stereocenters. The fourth-order valence-electron chi connectivity index (χ4n) is 8.52. The van der Waals surface area contributed by atoms with Gasteiger partial charge in [0.25, 0.3) is 0 Å². The first-order valence-electron chi connectivity index (χ1n) is 27.7. The summed E-state index contributed by atoms with van der Waals surface area (Å²) in [5.74, 6) is 0.844. The lowest BCUT2D eigenvalue weighted by atomic mass is 10.0. The monoisotopic (exact) mass is 877 g/mol. The first-order chi connectivity index (χ1) is 30.2. The van der Waals surface area contributed by atoms with Crippen LogP contribution in [0.1, 0.15) is 311 Å². The number of unbranched alkanes of at least 4 members (excludes halogenated alkanes) is 35. The molecule has 0 amide bonds. The number of carbonyl (C=O) groups excluding carboxylic acids is 3. The van der Waals surface area contributed by atoms with Gasteiger partial charge in [0.1, 0.15) is 13.2 Å². The van der Waals surface area contributed by atoms with E-state index in [9.17, 15) is 14.4 Å². The lowest BCUT2D eigenvalue weighted by molar-refractivity contribution is -0.167. The van der Waals surface area contributed by atoms with Crippen LogP contribution in [0.4, 0.5) is 0 Å². The summed E-state index contributed by atoms with van der Waals surface area (Å²) in [5.41, 5.74) is 0. The molecule has 0 aliphatic rings. The van der Waals surface area contributed by atoms with Gasteiger partial charge in [0.05, 0.1) is 0 Å². The zero-order valence-corrected chi connectivity index (χ0v) is 42.5. The van der Waals surface area contributed by atoms with Crippen molar-refractivity contribution in [1.82, 2.24) is 0 Å². The van der Waals surface area contributed by atoms with Crippen LogP contribution in [0.3, 0.4) is 0 Å². The lowest BCUT2D eigenvalue weighted by Gasteiger charge is -2.18. The number of hydrogen-bond donors (Lipinski definition) is 0. The smallest absolute Gasteiger partial charge is 0.306 e. The minimum absolute atomic E-state index is 0.0630. The minimum atomic E-state index is -0.761. The Morgan fingerprint density at radius 1 is 0.306 bits per heavy atom. The van der Waals surface area contributed by atoms with Crippen molar-refractivity contribution >= 4 is 17.9 Å². The topological polar surface area (TPSA) is 78.9 Å². The molecule has 0 aromatic heterocycles. The predicted molar refractivity (Wildman–Crippen MR) is 266 cm³/mol. The standard InChI is InChI=1S/C56H108O6/c1-6-7-8-9-10-11-26-31-36-41-46-54(57)60-49-53(50-61-55(58)47-42-37-32-27-22-19-15-17-21-25-30-35-40-45-52(4)5)62-56(59)48-43-38-33-28-23-18-14-12-13-16-20-24-29-34-39-44-51(2)3/h51-53H,6-50H2,1-5H3/t53-/m0/s1. The molecular formula is C56H108O6. The summed E-state index contributed by atoms with van der Waals surface area (Å²) >= 11 is 0. The second-order valence-corrected chi connectivity index (χ2v) is 20.2. The van der Waals surface area contributed by atoms with E-state index in [0.717, 1.165) is 69.6 Å². The normalized spacial score (nSPS) is 12.0. The van der Waals surface area contributed by atoms with E-state index in [0.29, 0.717) is 19.3 Å². The van der Waals surface area contributed by atoms with Crippen molar-refractivity contribution in [1.29, 1.82) is 0 Å². The molecular weight excluding hydrogens is 769 g/mol. The highest BCUT2D eigenvalue weighted by Gasteiger charge is 2.19. The van der Waals surface area contributed by atoms with Gasteiger partial charge in [-0.1, -0.05) is 272 Å². The fourth-order valence-corrected chi connectivity index (χ4v) is 8.52. The first-order valence-corrected chi connectivity index (χ1v) is 27.7. The van der Waals surface area contributed by atoms with Crippen molar-refractivity contribution in [3.63, 3.8) is 0 Å². The average molecular weight is 877 g/mol. The van der Waals surface area contributed by atoms with Crippen LogP contribution >= 0.6 is 0 Å². The molecule has 0 bridgehead atoms. The molecule has 368 valence electrons. The summed E-state index contributed by atoms with van der Waals surface area (Å²) < 4.78 is 16.8. The summed E-state index contributed by atoms with van der Waals surface area (Å²) in [6, 6.07) is 0. The van der Waals surface area contributed by atoms with Crippen molar-refractivity contribution in [3.05, 3.63) is 0 Å². The van der Waals surface area contributed by atoms with E-state index in [2.05, 4.69) is 34.6 Å². The molecule has 1 atom stereocenters. The van der Waals surface area contributed by atoms with Crippen LogP contribution in [-0.4, -0.2) is 37.2 Å². The van der Waals surface area contributed by atoms with E-state index >= 15 is 0 Å². The molecule has 62 heavy (non-hydrogen) atoms. The summed E-state index contributed by atoms with van der Waals surface area (Å²) in [4.78, 5) is 38.0. The highest BCUT2D eigenvalue weighted by Crippen LogP contribution is 2.18. The van der Waals surface area contributed by atoms with Gasteiger partial charge in [0, 0.05) is 19.3 Å². The molecule has 0 rings (SSSR count). The van der Waals surface area contributed by atoms with Crippen LogP contribution in [0.5, 0.6) is 0 Å². The fraction of sp³-hybridized carbons (Fsp3) is 0.946. The number of ether oxygens (including phenoxy) is 3. The zero-order chi connectivity index (χ0) is 45.4. The quantitative estimate of drug-likeness (QED) is 0.0344. The maximum atomic E-state index is 12.8. The van der Waals surface area contributed by atoms with Crippen molar-refractivity contribution in [3.8, 4) is 0 Å². The highest BCUT2D eigenvalue weighted by molar-refractivity contribution is 5.71. The molecule has 0 saturated heterocycles. The van der Waals surface area contributed by atoms with Gasteiger partial charge in [-0.15, -0.1) is 0 Å². The zero-order valence-electron chi connectivity index (χ0n) is 42.5.